The first-order valence-electron chi connectivity index (χ1n) is 5.92. The molecular formula is C12H18N2O4. The van der Waals surface area contributed by atoms with Crippen molar-refractivity contribution < 1.29 is 19.5 Å². The third-order valence-electron chi connectivity index (χ3n) is 3.02. The van der Waals surface area contributed by atoms with E-state index in [0.29, 0.717) is 12.8 Å². The van der Waals surface area contributed by atoms with Crippen LogP contribution >= 0.6 is 0 Å². The van der Waals surface area contributed by atoms with Gasteiger partial charge in [-0.15, -0.1) is 0 Å². The van der Waals surface area contributed by atoms with Crippen molar-refractivity contribution in [1.29, 1.82) is 0 Å². The van der Waals surface area contributed by atoms with E-state index < -0.39 is 17.8 Å². The van der Waals surface area contributed by atoms with Crippen LogP contribution in [0.1, 0.15) is 19.3 Å². The van der Waals surface area contributed by atoms with Gasteiger partial charge in [0, 0.05) is 20.0 Å². The summed E-state index contributed by atoms with van der Waals surface area (Å²) in [6, 6.07) is 0. The van der Waals surface area contributed by atoms with Crippen LogP contribution in [0.2, 0.25) is 0 Å². The smallest absolute Gasteiger partial charge is 0.307 e. The van der Waals surface area contributed by atoms with Crippen LogP contribution in [0.25, 0.3) is 0 Å². The number of carbonyl (C=O) groups excluding carboxylic acids is 2. The van der Waals surface area contributed by atoms with E-state index in [2.05, 4.69) is 10.6 Å². The minimum absolute atomic E-state index is 0.159. The largest absolute Gasteiger partial charge is 0.481 e. The van der Waals surface area contributed by atoms with E-state index in [1.165, 1.54) is 7.05 Å². The van der Waals surface area contributed by atoms with Crippen LogP contribution < -0.4 is 10.6 Å². The first-order valence-corrected chi connectivity index (χ1v) is 5.92. The van der Waals surface area contributed by atoms with Crippen LogP contribution in [0.5, 0.6) is 0 Å². The molecule has 1 aliphatic carbocycles. The van der Waals surface area contributed by atoms with Crippen molar-refractivity contribution >= 4 is 17.8 Å². The average molecular weight is 254 g/mol. The Morgan fingerprint density at radius 2 is 1.83 bits per heavy atom. The Labute approximate surface area is 105 Å². The lowest BCUT2D eigenvalue weighted by atomic mass is 9.82. The molecule has 0 saturated heterocycles. The maximum Gasteiger partial charge on any atom is 0.307 e. The van der Waals surface area contributed by atoms with Gasteiger partial charge in [-0.1, -0.05) is 12.2 Å². The highest BCUT2D eigenvalue weighted by molar-refractivity contribution is 5.85. The molecule has 2 amide bonds. The maximum atomic E-state index is 11.8. The van der Waals surface area contributed by atoms with E-state index in [4.69, 9.17) is 5.11 Å². The van der Waals surface area contributed by atoms with Gasteiger partial charge in [-0.2, -0.15) is 0 Å². The summed E-state index contributed by atoms with van der Waals surface area (Å²) in [5.41, 5.74) is 0. The Bertz CT molecular complexity index is 365. The Kier molecular flexibility index (Phi) is 5.35. The summed E-state index contributed by atoms with van der Waals surface area (Å²) >= 11 is 0. The zero-order valence-corrected chi connectivity index (χ0v) is 10.3. The van der Waals surface area contributed by atoms with Gasteiger partial charge in [0.2, 0.25) is 11.8 Å². The number of hydrogen-bond donors (Lipinski definition) is 3. The van der Waals surface area contributed by atoms with Crippen molar-refractivity contribution in [3.05, 3.63) is 12.2 Å². The monoisotopic (exact) mass is 254 g/mol. The van der Waals surface area contributed by atoms with Gasteiger partial charge in [-0.25, -0.2) is 0 Å². The number of carboxylic acids is 1. The lowest BCUT2D eigenvalue weighted by Gasteiger charge is -2.24. The molecule has 18 heavy (non-hydrogen) atoms. The second kappa shape index (κ2) is 6.78. The first-order chi connectivity index (χ1) is 8.56. The second-order valence-electron chi connectivity index (χ2n) is 4.21. The molecule has 0 aromatic heterocycles. The fourth-order valence-corrected chi connectivity index (χ4v) is 1.93. The fraction of sp³-hybridized carbons (Fsp3) is 0.583. The predicted octanol–water partition coefficient (Wildman–Crippen LogP) is -0.0943. The van der Waals surface area contributed by atoms with Gasteiger partial charge >= 0.3 is 5.97 Å². The molecule has 0 heterocycles. The molecule has 6 nitrogen and oxygen atoms in total. The average Bonchev–Trinajstić information content (AvgIpc) is 2.38. The molecule has 0 fully saturated rings. The van der Waals surface area contributed by atoms with Crippen molar-refractivity contribution in [2.45, 2.75) is 19.3 Å². The van der Waals surface area contributed by atoms with Gasteiger partial charge in [0.15, 0.2) is 0 Å². The van der Waals surface area contributed by atoms with E-state index >= 15 is 0 Å². The van der Waals surface area contributed by atoms with Crippen LogP contribution in [0.3, 0.4) is 0 Å². The highest BCUT2D eigenvalue weighted by Gasteiger charge is 2.33. The van der Waals surface area contributed by atoms with Gasteiger partial charge in [0.1, 0.15) is 0 Å². The zero-order valence-electron chi connectivity index (χ0n) is 10.3. The molecule has 0 aliphatic heterocycles. The number of carboxylic acid groups (broad SMARTS) is 1. The van der Waals surface area contributed by atoms with E-state index in [1.54, 1.807) is 6.08 Å². The normalized spacial score (nSPS) is 22.3. The summed E-state index contributed by atoms with van der Waals surface area (Å²) in [6.45, 7) is 0.227. The number of rotatable bonds is 5. The van der Waals surface area contributed by atoms with Crippen LogP contribution in [0, 0.1) is 11.8 Å². The Hall–Kier alpha value is -1.85. The second-order valence-corrected chi connectivity index (χ2v) is 4.21. The Balaban J connectivity index is 2.46. The van der Waals surface area contributed by atoms with Gasteiger partial charge in [0.05, 0.1) is 11.8 Å². The van der Waals surface area contributed by atoms with Gasteiger partial charge in [-0.3, -0.25) is 14.4 Å². The van der Waals surface area contributed by atoms with Crippen molar-refractivity contribution in [2.75, 3.05) is 13.6 Å². The fourth-order valence-electron chi connectivity index (χ4n) is 1.93. The molecular weight excluding hydrogens is 236 g/mol. The molecule has 6 heteroatoms. The molecule has 1 aliphatic rings. The molecule has 0 saturated carbocycles. The first kappa shape index (κ1) is 14.2. The van der Waals surface area contributed by atoms with Gasteiger partial charge in [0.25, 0.3) is 0 Å². The SMILES string of the molecule is CNC(=O)CCNC(=O)C1CC=CCC1C(=O)O. The van der Waals surface area contributed by atoms with E-state index in [9.17, 15) is 14.4 Å². The molecule has 100 valence electrons. The zero-order chi connectivity index (χ0) is 13.5. The van der Waals surface area contributed by atoms with Crippen LogP contribution in [-0.2, 0) is 14.4 Å². The molecule has 2 atom stereocenters. The maximum absolute atomic E-state index is 11.8. The standard InChI is InChI=1S/C12H18N2O4/c1-13-10(15)6-7-14-11(16)8-4-2-3-5-9(8)12(17)18/h2-3,8-9H,4-7H2,1H3,(H,13,15)(H,14,16)(H,17,18). The van der Waals surface area contributed by atoms with Crippen molar-refractivity contribution in [3.8, 4) is 0 Å². The molecule has 0 radical (unpaired) electrons. The summed E-state index contributed by atoms with van der Waals surface area (Å²) in [4.78, 5) is 33.8. The van der Waals surface area contributed by atoms with Crippen molar-refractivity contribution in [3.63, 3.8) is 0 Å². The predicted molar refractivity (Wildman–Crippen MR) is 64.7 cm³/mol. The minimum atomic E-state index is -0.953. The number of hydrogen-bond acceptors (Lipinski definition) is 3. The molecule has 1 rings (SSSR count). The highest BCUT2D eigenvalue weighted by atomic mass is 16.4. The number of nitrogens with one attached hydrogen (secondary N) is 2. The number of carbonyl (C=O) groups is 3. The molecule has 0 aromatic carbocycles. The van der Waals surface area contributed by atoms with E-state index in [-0.39, 0.29) is 24.8 Å². The molecule has 0 spiro atoms. The lowest BCUT2D eigenvalue weighted by molar-refractivity contribution is -0.147. The van der Waals surface area contributed by atoms with Gasteiger partial charge < -0.3 is 15.7 Å². The molecule has 0 bridgehead atoms. The van der Waals surface area contributed by atoms with Crippen molar-refractivity contribution in [2.24, 2.45) is 11.8 Å². The molecule has 3 N–H and O–H groups in total. The van der Waals surface area contributed by atoms with E-state index in [1.807, 2.05) is 6.08 Å². The topological polar surface area (TPSA) is 95.5 Å². The summed E-state index contributed by atoms with van der Waals surface area (Å²) in [5, 5.41) is 14.1. The summed E-state index contributed by atoms with van der Waals surface area (Å²) in [6.07, 6.45) is 4.61. The van der Waals surface area contributed by atoms with Crippen LogP contribution in [0.15, 0.2) is 12.2 Å². The molecule has 2 unspecified atom stereocenters. The summed E-state index contributed by atoms with van der Waals surface area (Å²) in [7, 11) is 1.52. The quantitative estimate of drug-likeness (QED) is 0.597. The summed E-state index contributed by atoms with van der Waals surface area (Å²) < 4.78 is 0. The number of allylic oxidation sites excluding steroid dienone is 2. The summed E-state index contributed by atoms with van der Waals surface area (Å²) in [5.74, 6) is -2.62. The highest BCUT2D eigenvalue weighted by Crippen LogP contribution is 2.25. The van der Waals surface area contributed by atoms with Crippen molar-refractivity contribution in [1.82, 2.24) is 10.6 Å². The number of aliphatic carboxylic acids is 1. The van der Waals surface area contributed by atoms with Crippen LogP contribution in [-0.4, -0.2) is 36.5 Å². The third kappa shape index (κ3) is 3.87. The van der Waals surface area contributed by atoms with E-state index in [0.717, 1.165) is 0 Å². The number of amides is 2. The Morgan fingerprint density at radius 3 is 2.39 bits per heavy atom. The van der Waals surface area contributed by atoms with Gasteiger partial charge in [-0.05, 0) is 12.8 Å². The Morgan fingerprint density at radius 1 is 1.22 bits per heavy atom. The minimum Gasteiger partial charge on any atom is -0.481 e. The van der Waals surface area contributed by atoms with Crippen LogP contribution in [0.4, 0.5) is 0 Å². The third-order valence-corrected chi connectivity index (χ3v) is 3.02. The molecule has 0 aromatic rings. The lowest BCUT2D eigenvalue weighted by Crippen LogP contribution is -2.40.